The second-order valence-corrected chi connectivity index (χ2v) is 5.04. The Balaban J connectivity index is 2.48. The van der Waals surface area contributed by atoms with Crippen LogP contribution in [-0.2, 0) is 6.54 Å². The van der Waals surface area contributed by atoms with Crippen LogP contribution in [0.4, 0.5) is 0 Å². The van der Waals surface area contributed by atoms with Gasteiger partial charge >= 0.3 is 0 Å². The normalized spacial score (nSPS) is 12.9. The predicted octanol–water partition coefficient (Wildman–Crippen LogP) is 2.70. The Hall–Kier alpha value is -1.03. The maximum absolute atomic E-state index is 6.00. The van der Waals surface area contributed by atoms with Gasteiger partial charge < -0.3 is 10.1 Å². The zero-order valence-electron chi connectivity index (χ0n) is 12.1. The van der Waals surface area contributed by atoms with Crippen molar-refractivity contribution in [3.63, 3.8) is 0 Å². The highest BCUT2D eigenvalue weighted by Gasteiger charge is 2.15. The van der Waals surface area contributed by atoms with Crippen LogP contribution in [0.3, 0.4) is 0 Å². The average Bonchev–Trinajstić information content (AvgIpc) is 2.76. The van der Waals surface area contributed by atoms with E-state index >= 15 is 0 Å². The molecule has 0 aliphatic rings. The monoisotopic (exact) mass is 253 g/mol. The first-order chi connectivity index (χ1) is 8.67. The van der Waals surface area contributed by atoms with E-state index in [0.717, 1.165) is 38.2 Å². The van der Waals surface area contributed by atoms with E-state index in [2.05, 4.69) is 38.1 Å². The smallest absolute Gasteiger partial charge is 0.157 e. The highest BCUT2D eigenvalue weighted by Crippen LogP contribution is 2.15. The fourth-order valence-electron chi connectivity index (χ4n) is 1.77. The van der Waals surface area contributed by atoms with Crippen molar-refractivity contribution in [1.29, 1.82) is 0 Å². The topological polar surface area (TPSA) is 39.1 Å². The molecular formula is C14H27N3O. The quantitative estimate of drug-likeness (QED) is 0.688. The third-order valence-electron chi connectivity index (χ3n) is 2.87. The Morgan fingerprint density at radius 3 is 2.72 bits per heavy atom. The molecule has 4 heteroatoms. The molecule has 1 atom stereocenters. The molecule has 0 aliphatic heterocycles. The summed E-state index contributed by atoms with van der Waals surface area (Å²) >= 11 is 0. The maximum Gasteiger partial charge on any atom is 0.157 e. The third-order valence-corrected chi connectivity index (χ3v) is 2.87. The van der Waals surface area contributed by atoms with E-state index in [1.165, 1.54) is 0 Å². The van der Waals surface area contributed by atoms with Gasteiger partial charge in [0.1, 0.15) is 6.10 Å². The molecule has 1 heterocycles. The summed E-state index contributed by atoms with van der Waals surface area (Å²) in [6, 6.07) is 0. The van der Waals surface area contributed by atoms with E-state index in [-0.39, 0.29) is 6.10 Å². The van der Waals surface area contributed by atoms with Crippen molar-refractivity contribution < 1.29 is 4.74 Å². The Morgan fingerprint density at radius 1 is 1.33 bits per heavy atom. The molecule has 1 aromatic rings. The lowest BCUT2D eigenvalue weighted by Gasteiger charge is -2.22. The van der Waals surface area contributed by atoms with E-state index in [1.807, 2.05) is 17.1 Å². The summed E-state index contributed by atoms with van der Waals surface area (Å²) in [5.41, 5.74) is 0. The van der Waals surface area contributed by atoms with Crippen LogP contribution >= 0.6 is 0 Å². The first kappa shape index (κ1) is 15.0. The molecular weight excluding hydrogens is 226 g/mol. The number of ether oxygens (including phenoxy) is 1. The minimum Gasteiger partial charge on any atom is -0.486 e. The molecule has 1 aromatic heterocycles. The van der Waals surface area contributed by atoms with Gasteiger partial charge in [-0.3, -0.25) is 4.68 Å². The largest absolute Gasteiger partial charge is 0.486 e. The minimum atomic E-state index is 0.204. The highest BCUT2D eigenvalue weighted by molar-refractivity contribution is 5.12. The van der Waals surface area contributed by atoms with Crippen LogP contribution in [0.25, 0.3) is 0 Å². The first-order valence-corrected chi connectivity index (χ1v) is 7.07. The second kappa shape index (κ2) is 8.14. The van der Waals surface area contributed by atoms with Gasteiger partial charge in [-0.1, -0.05) is 27.7 Å². The van der Waals surface area contributed by atoms with Crippen LogP contribution in [0.5, 0.6) is 5.75 Å². The Labute approximate surface area is 111 Å². The predicted molar refractivity (Wildman–Crippen MR) is 74.9 cm³/mol. The molecule has 0 saturated heterocycles. The van der Waals surface area contributed by atoms with Gasteiger partial charge in [0.15, 0.2) is 5.75 Å². The molecule has 4 nitrogen and oxygen atoms in total. The van der Waals surface area contributed by atoms with Gasteiger partial charge in [0.2, 0.25) is 0 Å². The molecule has 0 aliphatic carbocycles. The SMILES string of the molecule is CCCNCC(Oc1cnn(CCC)c1)C(C)C. The third kappa shape index (κ3) is 5.08. The summed E-state index contributed by atoms with van der Waals surface area (Å²) in [5.74, 6) is 1.37. The van der Waals surface area contributed by atoms with Crippen molar-refractivity contribution in [3.05, 3.63) is 12.4 Å². The van der Waals surface area contributed by atoms with Crippen LogP contribution in [0.2, 0.25) is 0 Å². The van der Waals surface area contributed by atoms with Crippen molar-refractivity contribution in [2.24, 2.45) is 5.92 Å². The van der Waals surface area contributed by atoms with E-state index in [9.17, 15) is 0 Å². The van der Waals surface area contributed by atoms with Gasteiger partial charge in [0, 0.05) is 13.1 Å². The van der Waals surface area contributed by atoms with Crippen LogP contribution in [0.1, 0.15) is 40.5 Å². The number of nitrogens with zero attached hydrogens (tertiary/aromatic N) is 2. The molecule has 0 aromatic carbocycles. The van der Waals surface area contributed by atoms with Crippen molar-refractivity contribution in [2.75, 3.05) is 13.1 Å². The van der Waals surface area contributed by atoms with Gasteiger partial charge in [-0.2, -0.15) is 5.10 Å². The Bertz CT molecular complexity index is 323. The fourth-order valence-corrected chi connectivity index (χ4v) is 1.77. The first-order valence-electron chi connectivity index (χ1n) is 7.07. The lowest BCUT2D eigenvalue weighted by molar-refractivity contribution is 0.149. The summed E-state index contributed by atoms with van der Waals surface area (Å²) in [7, 11) is 0. The molecule has 0 amide bonds. The van der Waals surface area contributed by atoms with Crippen molar-refractivity contribution >= 4 is 0 Å². The fraction of sp³-hybridized carbons (Fsp3) is 0.786. The summed E-state index contributed by atoms with van der Waals surface area (Å²) in [4.78, 5) is 0. The number of hydrogen-bond donors (Lipinski definition) is 1. The summed E-state index contributed by atoms with van der Waals surface area (Å²) < 4.78 is 7.94. The summed E-state index contributed by atoms with van der Waals surface area (Å²) in [5, 5.41) is 7.70. The van der Waals surface area contributed by atoms with Gasteiger partial charge in [-0.15, -0.1) is 0 Å². The van der Waals surface area contributed by atoms with E-state index in [0.29, 0.717) is 5.92 Å². The van der Waals surface area contributed by atoms with Crippen LogP contribution in [-0.4, -0.2) is 29.0 Å². The number of hydrogen-bond acceptors (Lipinski definition) is 3. The number of aromatic nitrogens is 2. The molecule has 0 radical (unpaired) electrons. The lowest BCUT2D eigenvalue weighted by Crippen LogP contribution is -2.35. The van der Waals surface area contributed by atoms with Gasteiger partial charge in [-0.25, -0.2) is 0 Å². The van der Waals surface area contributed by atoms with Crippen molar-refractivity contribution in [3.8, 4) is 5.75 Å². The van der Waals surface area contributed by atoms with Gasteiger partial charge in [0.05, 0.1) is 12.4 Å². The molecule has 0 fully saturated rings. The van der Waals surface area contributed by atoms with Gasteiger partial charge in [-0.05, 0) is 25.3 Å². The standard InChI is InChI=1S/C14H27N3O/c1-5-7-15-10-14(12(3)4)18-13-9-16-17(11-13)8-6-2/h9,11-12,14-15H,5-8,10H2,1-4H3. The number of rotatable bonds is 9. The lowest BCUT2D eigenvalue weighted by atomic mass is 10.1. The molecule has 1 unspecified atom stereocenters. The molecule has 0 saturated carbocycles. The summed E-state index contributed by atoms with van der Waals surface area (Å²) in [6.45, 7) is 11.6. The van der Waals surface area contributed by atoms with Gasteiger partial charge in [0.25, 0.3) is 0 Å². The number of aryl methyl sites for hydroxylation is 1. The van der Waals surface area contributed by atoms with Crippen LogP contribution in [0.15, 0.2) is 12.4 Å². The average molecular weight is 253 g/mol. The molecule has 0 bridgehead atoms. The Kier molecular flexibility index (Phi) is 6.80. The summed E-state index contributed by atoms with van der Waals surface area (Å²) in [6.07, 6.45) is 6.24. The Morgan fingerprint density at radius 2 is 2.11 bits per heavy atom. The molecule has 1 N–H and O–H groups in total. The molecule has 18 heavy (non-hydrogen) atoms. The van der Waals surface area contributed by atoms with E-state index in [4.69, 9.17) is 4.74 Å². The molecule has 104 valence electrons. The van der Waals surface area contributed by atoms with Crippen molar-refractivity contribution in [1.82, 2.24) is 15.1 Å². The zero-order valence-corrected chi connectivity index (χ0v) is 12.1. The zero-order chi connectivity index (χ0) is 13.4. The van der Waals surface area contributed by atoms with Crippen LogP contribution in [0, 0.1) is 5.92 Å². The van der Waals surface area contributed by atoms with E-state index in [1.54, 1.807) is 0 Å². The minimum absolute atomic E-state index is 0.204. The maximum atomic E-state index is 6.00. The second-order valence-electron chi connectivity index (χ2n) is 5.04. The van der Waals surface area contributed by atoms with Crippen LogP contribution < -0.4 is 10.1 Å². The molecule has 0 spiro atoms. The van der Waals surface area contributed by atoms with Crippen molar-refractivity contribution in [2.45, 2.75) is 53.2 Å². The molecule has 1 rings (SSSR count). The van der Waals surface area contributed by atoms with E-state index < -0.39 is 0 Å². The number of nitrogens with one attached hydrogen (secondary N) is 1. The highest BCUT2D eigenvalue weighted by atomic mass is 16.5.